The van der Waals surface area contributed by atoms with Crippen molar-refractivity contribution in [2.75, 3.05) is 41.8 Å². The molecule has 0 aliphatic carbocycles. The number of halogens is 1. The molecular weight excluding hydrogens is 463 g/mol. The Morgan fingerprint density at radius 3 is 2.69 bits per heavy atom. The first kappa shape index (κ1) is 23.3. The van der Waals surface area contributed by atoms with Crippen molar-refractivity contribution in [3.8, 4) is 22.8 Å². The van der Waals surface area contributed by atoms with E-state index in [0.29, 0.717) is 30.3 Å². The number of aromatic nitrogens is 3. The summed E-state index contributed by atoms with van der Waals surface area (Å²) in [5.41, 5.74) is 4.16. The van der Waals surface area contributed by atoms with Crippen LogP contribution in [0.25, 0.3) is 11.3 Å². The highest BCUT2D eigenvalue weighted by Gasteiger charge is 2.14. The lowest BCUT2D eigenvalue weighted by Gasteiger charge is -2.29. The molecule has 0 saturated carbocycles. The standard InChI is InChI=1S/C26H25FN6O3/c1-17-10-19(12-20(11-17)33-6-8-35-9-7-33)31-26(34)32-24-3-2-21(13-23(24)27)36-22-4-5-28-25(14-22)18-15-29-30-16-18/h2-5,10-16H,6-9H2,1H3,(H,29,30)(H2,31,32,34). The van der Waals surface area contributed by atoms with Crippen LogP contribution in [-0.2, 0) is 4.74 Å². The highest BCUT2D eigenvalue weighted by atomic mass is 19.1. The van der Waals surface area contributed by atoms with Crippen molar-refractivity contribution >= 4 is 23.1 Å². The highest BCUT2D eigenvalue weighted by Crippen LogP contribution is 2.28. The Balaban J connectivity index is 1.23. The van der Waals surface area contributed by atoms with E-state index in [1.165, 1.54) is 12.1 Å². The van der Waals surface area contributed by atoms with Crippen LogP contribution in [0.15, 0.2) is 67.1 Å². The number of hydrogen-bond acceptors (Lipinski definition) is 6. The number of hydrogen-bond donors (Lipinski definition) is 3. The summed E-state index contributed by atoms with van der Waals surface area (Å²) in [6.07, 6.45) is 4.97. The molecule has 0 radical (unpaired) electrons. The molecule has 0 bridgehead atoms. The lowest BCUT2D eigenvalue weighted by atomic mass is 10.1. The van der Waals surface area contributed by atoms with Crippen molar-refractivity contribution in [2.24, 2.45) is 0 Å². The second-order valence-electron chi connectivity index (χ2n) is 8.34. The normalized spacial score (nSPS) is 13.3. The largest absolute Gasteiger partial charge is 0.457 e. The molecule has 4 aromatic rings. The molecular formula is C26H25FN6O3. The van der Waals surface area contributed by atoms with Crippen LogP contribution < -0.4 is 20.3 Å². The van der Waals surface area contributed by atoms with Gasteiger partial charge >= 0.3 is 6.03 Å². The molecule has 184 valence electrons. The Kier molecular flexibility index (Phi) is 6.76. The van der Waals surface area contributed by atoms with E-state index in [2.05, 4.69) is 36.8 Å². The number of benzene rings is 2. The van der Waals surface area contributed by atoms with Crippen molar-refractivity contribution in [2.45, 2.75) is 6.92 Å². The van der Waals surface area contributed by atoms with E-state index >= 15 is 0 Å². The quantitative estimate of drug-likeness (QED) is 0.345. The molecule has 5 rings (SSSR count). The monoisotopic (exact) mass is 488 g/mol. The van der Waals surface area contributed by atoms with Gasteiger partial charge in [-0.15, -0.1) is 0 Å². The minimum atomic E-state index is -0.620. The van der Waals surface area contributed by atoms with Gasteiger partial charge < -0.3 is 25.0 Å². The van der Waals surface area contributed by atoms with Gasteiger partial charge in [-0.05, 0) is 48.9 Å². The molecule has 1 aliphatic heterocycles. The maximum atomic E-state index is 14.8. The fraction of sp³-hybridized carbons (Fsp3) is 0.192. The van der Waals surface area contributed by atoms with Crippen molar-refractivity contribution in [1.29, 1.82) is 0 Å². The third kappa shape index (κ3) is 5.61. The van der Waals surface area contributed by atoms with Gasteiger partial charge in [0.05, 0.1) is 30.8 Å². The number of anilines is 3. The van der Waals surface area contributed by atoms with Gasteiger partial charge in [0, 0.05) is 54.6 Å². The van der Waals surface area contributed by atoms with E-state index in [0.717, 1.165) is 29.9 Å². The predicted molar refractivity (Wildman–Crippen MR) is 135 cm³/mol. The van der Waals surface area contributed by atoms with E-state index < -0.39 is 11.8 Å². The van der Waals surface area contributed by atoms with Crippen molar-refractivity contribution in [1.82, 2.24) is 15.2 Å². The second-order valence-corrected chi connectivity index (χ2v) is 8.34. The average molecular weight is 489 g/mol. The predicted octanol–water partition coefficient (Wildman–Crippen LogP) is 5.19. The molecule has 3 N–H and O–H groups in total. The first-order valence-corrected chi connectivity index (χ1v) is 11.5. The Morgan fingerprint density at radius 2 is 1.92 bits per heavy atom. The van der Waals surface area contributed by atoms with Gasteiger partial charge in [0.1, 0.15) is 17.3 Å². The minimum Gasteiger partial charge on any atom is -0.457 e. The highest BCUT2D eigenvalue weighted by molar-refractivity contribution is 6.00. The molecule has 3 heterocycles. The fourth-order valence-corrected chi connectivity index (χ4v) is 3.94. The summed E-state index contributed by atoms with van der Waals surface area (Å²) in [5.74, 6) is 0.163. The fourth-order valence-electron chi connectivity index (χ4n) is 3.94. The van der Waals surface area contributed by atoms with Crippen LogP contribution in [0, 0.1) is 12.7 Å². The maximum absolute atomic E-state index is 14.8. The van der Waals surface area contributed by atoms with Gasteiger partial charge in [-0.2, -0.15) is 5.10 Å². The van der Waals surface area contributed by atoms with E-state index in [1.54, 1.807) is 36.8 Å². The molecule has 2 aromatic heterocycles. The number of amides is 2. The van der Waals surface area contributed by atoms with Crippen molar-refractivity contribution in [3.05, 3.63) is 78.5 Å². The molecule has 2 aromatic carbocycles. The first-order valence-electron chi connectivity index (χ1n) is 11.5. The lowest BCUT2D eigenvalue weighted by molar-refractivity contribution is 0.122. The second kappa shape index (κ2) is 10.4. The smallest absolute Gasteiger partial charge is 0.323 e. The molecule has 0 unspecified atom stereocenters. The molecule has 10 heteroatoms. The number of rotatable bonds is 6. The third-order valence-electron chi connectivity index (χ3n) is 5.65. The van der Waals surface area contributed by atoms with Crippen LogP contribution in [0.2, 0.25) is 0 Å². The van der Waals surface area contributed by atoms with Gasteiger partial charge in [0.25, 0.3) is 0 Å². The lowest BCUT2D eigenvalue weighted by Crippen LogP contribution is -2.36. The number of morpholine rings is 1. The Morgan fingerprint density at radius 1 is 1.08 bits per heavy atom. The van der Waals surface area contributed by atoms with E-state index in [4.69, 9.17) is 9.47 Å². The summed E-state index contributed by atoms with van der Waals surface area (Å²) in [6.45, 7) is 4.88. The van der Waals surface area contributed by atoms with Crippen molar-refractivity contribution < 1.29 is 18.7 Å². The zero-order chi connectivity index (χ0) is 24.9. The van der Waals surface area contributed by atoms with Gasteiger partial charge in [-0.3, -0.25) is 10.1 Å². The summed E-state index contributed by atoms with van der Waals surface area (Å²) in [4.78, 5) is 19.1. The van der Waals surface area contributed by atoms with E-state index in [9.17, 15) is 9.18 Å². The van der Waals surface area contributed by atoms with Crippen molar-refractivity contribution in [3.63, 3.8) is 0 Å². The number of nitrogens with one attached hydrogen (secondary N) is 3. The summed E-state index contributed by atoms with van der Waals surface area (Å²) in [7, 11) is 0. The third-order valence-corrected chi connectivity index (χ3v) is 5.65. The Labute approximate surface area is 207 Å². The van der Waals surface area contributed by atoms with Gasteiger partial charge in [0.15, 0.2) is 0 Å². The summed E-state index contributed by atoms with van der Waals surface area (Å²) in [5, 5.41) is 12.0. The number of H-pyrrole nitrogens is 1. The molecule has 1 saturated heterocycles. The molecule has 1 aliphatic rings. The maximum Gasteiger partial charge on any atom is 0.323 e. The van der Waals surface area contributed by atoms with E-state index in [-0.39, 0.29) is 11.4 Å². The average Bonchev–Trinajstić information content (AvgIpc) is 3.41. The van der Waals surface area contributed by atoms with Crippen LogP contribution in [0.5, 0.6) is 11.5 Å². The molecule has 1 fully saturated rings. The van der Waals surface area contributed by atoms with Crippen LogP contribution >= 0.6 is 0 Å². The summed E-state index contributed by atoms with van der Waals surface area (Å²) in [6, 6.07) is 13.0. The van der Waals surface area contributed by atoms with Gasteiger partial charge in [-0.1, -0.05) is 0 Å². The number of carbonyl (C=O) groups is 1. The number of aryl methyl sites for hydroxylation is 1. The molecule has 0 spiro atoms. The van der Waals surface area contributed by atoms with Crippen LogP contribution in [0.4, 0.5) is 26.2 Å². The number of nitrogens with zero attached hydrogens (tertiary/aromatic N) is 3. The zero-order valence-electron chi connectivity index (χ0n) is 19.6. The summed E-state index contributed by atoms with van der Waals surface area (Å²) < 4.78 is 26.0. The van der Waals surface area contributed by atoms with Gasteiger partial charge in [0.2, 0.25) is 0 Å². The minimum absolute atomic E-state index is 0.0368. The van der Waals surface area contributed by atoms with Crippen LogP contribution in [0.3, 0.4) is 0 Å². The zero-order valence-corrected chi connectivity index (χ0v) is 19.6. The molecule has 9 nitrogen and oxygen atoms in total. The van der Waals surface area contributed by atoms with Gasteiger partial charge in [-0.25, -0.2) is 9.18 Å². The van der Waals surface area contributed by atoms with E-state index in [1.807, 2.05) is 19.1 Å². The first-order chi connectivity index (χ1) is 17.5. The number of aromatic amines is 1. The summed E-state index contributed by atoms with van der Waals surface area (Å²) >= 11 is 0. The Hall–Kier alpha value is -4.44. The molecule has 2 amide bonds. The molecule has 36 heavy (non-hydrogen) atoms. The SMILES string of the molecule is Cc1cc(NC(=O)Nc2ccc(Oc3ccnc(-c4cn[nH]c4)c3)cc2F)cc(N2CCOCC2)c1. The number of carbonyl (C=O) groups excluding carboxylic acids is 1. The number of urea groups is 1. The molecule has 0 atom stereocenters. The van der Waals surface area contributed by atoms with Crippen LogP contribution in [-0.4, -0.2) is 47.5 Å². The number of ether oxygens (including phenoxy) is 2. The number of pyridine rings is 1. The Bertz CT molecular complexity index is 1360. The topological polar surface area (TPSA) is 104 Å². The van der Waals surface area contributed by atoms with Crippen LogP contribution in [0.1, 0.15) is 5.56 Å².